The second-order valence-corrected chi connectivity index (χ2v) is 4.51. The van der Waals surface area contributed by atoms with E-state index in [-0.39, 0.29) is 6.61 Å². The molecule has 0 spiro atoms. The molecule has 0 aliphatic heterocycles. The van der Waals surface area contributed by atoms with Gasteiger partial charge in [-0.3, -0.25) is 4.98 Å². The van der Waals surface area contributed by atoms with E-state index in [2.05, 4.69) is 25.9 Å². The Labute approximate surface area is 111 Å². The van der Waals surface area contributed by atoms with Crippen molar-refractivity contribution >= 4 is 27.5 Å². The Hall–Kier alpha value is -1.17. The summed E-state index contributed by atoms with van der Waals surface area (Å²) in [5.41, 5.74) is 0.440. The number of nitrogens with zero attached hydrogens (tertiary/aromatic N) is 2. The Morgan fingerprint density at radius 3 is 2.88 bits per heavy atom. The predicted molar refractivity (Wildman–Crippen MR) is 67.2 cm³/mol. The van der Waals surface area contributed by atoms with E-state index in [0.29, 0.717) is 22.3 Å². The van der Waals surface area contributed by atoms with E-state index in [9.17, 15) is 0 Å². The van der Waals surface area contributed by atoms with Gasteiger partial charge in [-0.05, 0) is 18.2 Å². The van der Waals surface area contributed by atoms with Crippen molar-refractivity contribution in [2.45, 2.75) is 6.61 Å². The average Bonchev–Trinajstić information content (AvgIpc) is 2.33. The molecular weight excluding hydrogens is 307 g/mol. The largest absolute Gasteiger partial charge is 0.436 e. The summed E-state index contributed by atoms with van der Waals surface area (Å²) in [6.07, 6.45) is 2.92. The van der Waals surface area contributed by atoms with Crippen LogP contribution in [0.1, 0.15) is 5.69 Å². The van der Waals surface area contributed by atoms with Crippen molar-refractivity contribution in [1.29, 1.82) is 0 Å². The Morgan fingerprint density at radius 1 is 1.35 bits per heavy atom. The third-order valence-corrected chi connectivity index (χ3v) is 2.72. The third kappa shape index (κ3) is 3.15. The molecule has 0 bridgehead atoms. The minimum Gasteiger partial charge on any atom is -0.436 e. The highest BCUT2D eigenvalue weighted by Crippen LogP contribution is 2.30. The molecule has 1 aromatic carbocycles. The summed E-state index contributed by atoms with van der Waals surface area (Å²) >= 11 is 9.30. The topological polar surface area (TPSA) is 55.2 Å². The summed E-state index contributed by atoms with van der Waals surface area (Å²) in [7, 11) is 0. The molecule has 0 fully saturated rings. The van der Waals surface area contributed by atoms with E-state index in [1.54, 1.807) is 12.1 Å². The summed E-state index contributed by atoms with van der Waals surface area (Å²) in [5.74, 6) is 0.778. The quantitative estimate of drug-likeness (QED) is 0.945. The molecule has 0 saturated carbocycles. The lowest BCUT2D eigenvalue weighted by Gasteiger charge is -2.07. The minimum absolute atomic E-state index is 0.182. The van der Waals surface area contributed by atoms with Gasteiger partial charge in [0.05, 0.1) is 29.7 Å². The van der Waals surface area contributed by atoms with E-state index < -0.39 is 0 Å². The third-order valence-electron chi connectivity index (χ3n) is 1.93. The Bertz CT molecular complexity index is 537. The molecular formula is C11H8BrClN2O2. The Balaban J connectivity index is 2.25. The van der Waals surface area contributed by atoms with Crippen molar-refractivity contribution in [1.82, 2.24) is 9.97 Å². The van der Waals surface area contributed by atoms with Crippen LogP contribution in [0.4, 0.5) is 0 Å². The smallest absolute Gasteiger partial charge is 0.238 e. The van der Waals surface area contributed by atoms with Crippen molar-refractivity contribution < 1.29 is 9.84 Å². The molecule has 0 aliphatic carbocycles. The number of rotatable bonds is 3. The van der Waals surface area contributed by atoms with Gasteiger partial charge in [-0.25, -0.2) is 4.98 Å². The van der Waals surface area contributed by atoms with Crippen LogP contribution in [0, 0.1) is 0 Å². The fourth-order valence-corrected chi connectivity index (χ4v) is 1.89. The van der Waals surface area contributed by atoms with E-state index in [1.807, 2.05) is 6.07 Å². The van der Waals surface area contributed by atoms with Gasteiger partial charge in [-0.2, -0.15) is 0 Å². The molecule has 0 aliphatic rings. The molecule has 0 atom stereocenters. The van der Waals surface area contributed by atoms with Crippen molar-refractivity contribution in [3.05, 3.63) is 45.8 Å². The van der Waals surface area contributed by atoms with Crippen LogP contribution in [0.3, 0.4) is 0 Å². The summed E-state index contributed by atoms with van der Waals surface area (Å²) in [4.78, 5) is 7.94. The first-order valence-corrected chi connectivity index (χ1v) is 5.91. The highest BCUT2D eigenvalue weighted by Gasteiger charge is 2.05. The number of benzene rings is 1. The second-order valence-electron chi connectivity index (χ2n) is 3.18. The van der Waals surface area contributed by atoms with Crippen molar-refractivity contribution in [3.8, 4) is 11.6 Å². The molecule has 0 saturated heterocycles. The van der Waals surface area contributed by atoms with Gasteiger partial charge in [0.2, 0.25) is 5.88 Å². The number of hydrogen-bond donors (Lipinski definition) is 1. The van der Waals surface area contributed by atoms with E-state index in [4.69, 9.17) is 21.4 Å². The molecule has 1 aromatic heterocycles. The molecule has 0 radical (unpaired) electrons. The molecule has 4 nitrogen and oxygen atoms in total. The molecule has 1 N–H and O–H groups in total. The van der Waals surface area contributed by atoms with Gasteiger partial charge in [0.1, 0.15) is 5.75 Å². The number of hydrogen-bond acceptors (Lipinski definition) is 4. The number of aliphatic hydroxyl groups is 1. The summed E-state index contributed by atoms with van der Waals surface area (Å²) in [5, 5.41) is 9.40. The van der Waals surface area contributed by atoms with Gasteiger partial charge in [0.25, 0.3) is 0 Å². The van der Waals surface area contributed by atoms with Gasteiger partial charge in [-0.15, -0.1) is 0 Å². The average molecular weight is 316 g/mol. The van der Waals surface area contributed by atoms with Gasteiger partial charge < -0.3 is 9.84 Å². The zero-order chi connectivity index (χ0) is 12.3. The molecule has 6 heteroatoms. The normalized spacial score (nSPS) is 10.3. The molecule has 1 heterocycles. The minimum atomic E-state index is -0.182. The van der Waals surface area contributed by atoms with Crippen molar-refractivity contribution in [2.75, 3.05) is 0 Å². The van der Waals surface area contributed by atoms with Crippen LogP contribution in [-0.4, -0.2) is 15.1 Å². The molecule has 2 aromatic rings. The maximum Gasteiger partial charge on any atom is 0.238 e. The van der Waals surface area contributed by atoms with Crippen molar-refractivity contribution in [2.24, 2.45) is 0 Å². The number of halogens is 2. The number of aliphatic hydroxyl groups excluding tert-OH is 1. The fourth-order valence-electron chi connectivity index (χ4n) is 1.18. The fraction of sp³-hybridized carbons (Fsp3) is 0.0909. The Kier molecular flexibility index (Phi) is 3.93. The second kappa shape index (κ2) is 5.44. The predicted octanol–water partition coefficient (Wildman–Crippen LogP) is 3.18. The monoisotopic (exact) mass is 314 g/mol. The Morgan fingerprint density at radius 2 is 2.18 bits per heavy atom. The lowest BCUT2D eigenvalue weighted by Crippen LogP contribution is -1.95. The van der Waals surface area contributed by atoms with Crippen LogP contribution in [0.25, 0.3) is 0 Å². The van der Waals surface area contributed by atoms with Gasteiger partial charge in [0, 0.05) is 4.47 Å². The van der Waals surface area contributed by atoms with Gasteiger partial charge in [-0.1, -0.05) is 27.5 Å². The SMILES string of the molecule is OCc1cncc(Oc2ccc(Br)cc2Cl)n1. The van der Waals surface area contributed by atoms with Crippen LogP contribution in [-0.2, 0) is 6.61 Å². The highest BCUT2D eigenvalue weighted by molar-refractivity contribution is 9.10. The van der Waals surface area contributed by atoms with Crippen LogP contribution in [0.2, 0.25) is 5.02 Å². The van der Waals surface area contributed by atoms with Crippen LogP contribution < -0.4 is 4.74 Å². The van der Waals surface area contributed by atoms with Gasteiger partial charge in [0.15, 0.2) is 0 Å². The van der Waals surface area contributed by atoms with E-state index >= 15 is 0 Å². The highest BCUT2D eigenvalue weighted by atomic mass is 79.9. The van der Waals surface area contributed by atoms with Gasteiger partial charge >= 0.3 is 0 Å². The maximum absolute atomic E-state index is 8.93. The lowest BCUT2D eigenvalue weighted by molar-refractivity contribution is 0.274. The summed E-state index contributed by atoms with van der Waals surface area (Å²) in [6.45, 7) is -0.182. The lowest BCUT2D eigenvalue weighted by atomic mass is 10.3. The molecule has 0 amide bonds. The van der Waals surface area contributed by atoms with Crippen LogP contribution in [0.5, 0.6) is 11.6 Å². The molecule has 2 rings (SSSR count). The van der Waals surface area contributed by atoms with E-state index in [0.717, 1.165) is 4.47 Å². The number of aromatic nitrogens is 2. The first kappa shape index (κ1) is 12.3. The number of ether oxygens (including phenoxy) is 1. The zero-order valence-electron chi connectivity index (χ0n) is 8.60. The summed E-state index contributed by atoms with van der Waals surface area (Å²) in [6, 6.07) is 5.25. The maximum atomic E-state index is 8.93. The van der Waals surface area contributed by atoms with Crippen LogP contribution in [0.15, 0.2) is 35.1 Å². The first-order valence-electron chi connectivity index (χ1n) is 4.73. The molecule has 88 valence electrons. The zero-order valence-corrected chi connectivity index (χ0v) is 10.9. The van der Waals surface area contributed by atoms with Crippen LogP contribution >= 0.6 is 27.5 Å². The van der Waals surface area contributed by atoms with E-state index in [1.165, 1.54) is 12.4 Å². The molecule has 0 unspecified atom stereocenters. The van der Waals surface area contributed by atoms with Crippen molar-refractivity contribution in [3.63, 3.8) is 0 Å². The standard InChI is InChI=1S/C11H8BrClN2O2/c12-7-1-2-10(9(13)3-7)17-11-5-14-4-8(6-16)15-11/h1-5,16H,6H2. The molecule has 17 heavy (non-hydrogen) atoms. The first-order chi connectivity index (χ1) is 8.19. The summed E-state index contributed by atoms with van der Waals surface area (Å²) < 4.78 is 6.33.